The molecular formula is C17H34N2O2. The Morgan fingerprint density at radius 2 is 2.10 bits per heavy atom. The molecule has 0 bridgehead atoms. The van der Waals surface area contributed by atoms with Gasteiger partial charge in [-0.1, -0.05) is 13.8 Å². The third kappa shape index (κ3) is 5.59. The summed E-state index contributed by atoms with van der Waals surface area (Å²) in [6, 6.07) is 0.678. The molecule has 1 heterocycles. The molecule has 0 aromatic heterocycles. The van der Waals surface area contributed by atoms with Crippen LogP contribution < -0.4 is 5.32 Å². The van der Waals surface area contributed by atoms with Crippen molar-refractivity contribution in [1.29, 1.82) is 0 Å². The topological polar surface area (TPSA) is 41.6 Å². The average molecular weight is 298 g/mol. The van der Waals surface area contributed by atoms with E-state index in [4.69, 9.17) is 4.74 Å². The fourth-order valence-electron chi connectivity index (χ4n) is 3.29. The minimum atomic E-state index is -0.541. The van der Waals surface area contributed by atoms with Gasteiger partial charge in [-0.3, -0.25) is 4.79 Å². The second kappa shape index (κ2) is 8.74. The summed E-state index contributed by atoms with van der Waals surface area (Å²) < 4.78 is 5.25. The number of nitrogens with one attached hydrogen (secondary N) is 1. The minimum Gasteiger partial charge on any atom is -0.465 e. The lowest BCUT2D eigenvalue weighted by Crippen LogP contribution is -2.51. The van der Waals surface area contributed by atoms with Crippen molar-refractivity contribution in [1.82, 2.24) is 10.2 Å². The third-order valence-corrected chi connectivity index (χ3v) is 4.53. The van der Waals surface area contributed by atoms with Crippen molar-refractivity contribution < 1.29 is 9.53 Å². The summed E-state index contributed by atoms with van der Waals surface area (Å²) in [5.41, 5.74) is -0.541. The minimum absolute atomic E-state index is 0.110. The number of esters is 1. The normalized spacial score (nSPS) is 25.8. The van der Waals surface area contributed by atoms with Crippen LogP contribution in [-0.2, 0) is 9.53 Å². The fourth-order valence-corrected chi connectivity index (χ4v) is 3.29. The SMILES string of the molecule is CCCNC(C)(CCCN1CC(C)CC1C)C(=O)OCC. The van der Waals surface area contributed by atoms with Gasteiger partial charge in [-0.05, 0) is 65.5 Å². The van der Waals surface area contributed by atoms with Crippen LogP contribution in [0.1, 0.15) is 60.3 Å². The Kier molecular flexibility index (Phi) is 7.67. The molecular weight excluding hydrogens is 264 g/mol. The van der Waals surface area contributed by atoms with E-state index in [1.54, 1.807) is 0 Å². The van der Waals surface area contributed by atoms with Crippen LogP contribution in [0.2, 0.25) is 0 Å². The second-order valence-corrected chi connectivity index (χ2v) is 6.77. The van der Waals surface area contributed by atoms with Crippen LogP contribution in [0.25, 0.3) is 0 Å². The van der Waals surface area contributed by atoms with Crippen molar-refractivity contribution in [2.75, 3.05) is 26.2 Å². The van der Waals surface area contributed by atoms with Crippen molar-refractivity contribution in [3.8, 4) is 0 Å². The smallest absolute Gasteiger partial charge is 0.326 e. The predicted molar refractivity (Wildman–Crippen MR) is 87.4 cm³/mol. The van der Waals surface area contributed by atoms with E-state index in [0.717, 1.165) is 38.3 Å². The van der Waals surface area contributed by atoms with Gasteiger partial charge in [0.15, 0.2) is 0 Å². The molecule has 1 aliphatic rings. The molecule has 0 amide bonds. The Bertz CT molecular complexity index is 322. The summed E-state index contributed by atoms with van der Waals surface area (Å²) in [7, 11) is 0. The molecule has 4 nitrogen and oxygen atoms in total. The van der Waals surface area contributed by atoms with E-state index < -0.39 is 5.54 Å². The number of ether oxygens (including phenoxy) is 1. The molecule has 0 saturated carbocycles. The van der Waals surface area contributed by atoms with Gasteiger partial charge in [0, 0.05) is 12.6 Å². The standard InChI is InChI=1S/C17H34N2O2/c1-6-10-18-17(5,16(20)21-7-2)9-8-11-19-13-14(3)12-15(19)4/h14-15,18H,6-13H2,1-5H3. The zero-order valence-corrected chi connectivity index (χ0v) is 14.6. The highest BCUT2D eigenvalue weighted by Crippen LogP contribution is 2.23. The van der Waals surface area contributed by atoms with Crippen LogP contribution >= 0.6 is 0 Å². The average Bonchev–Trinajstić information content (AvgIpc) is 2.75. The van der Waals surface area contributed by atoms with E-state index in [9.17, 15) is 4.79 Å². The fraction of sp³-hybridized carbons (Fsp3) is 0.941. The van der Waals surface area contributed by atoms with E-state index in [-0.39, 0.29) is 5.97 Å². The Balaban J connectivity index is 2.47. The second-order valence-electron chi connectivity index (χ2n) is 6.77. The van der Waals surface area contributed by atoms with Gasteiger partial charge < -0.3 is 15.0 Å². The highest BCUT2D eigenvalue weighted by atomic mass is 16.5. The quantitative estimate of drug-likeness (QED) is 0.665. The lowest BCUT2D eigenvalue weighted by atomic mass is 9.95. The monoisotopic (exact) mass is 298 g/mol. The van der Waals surface area contributed by atoms with Crippen LogP contribution in [0, 0.1) is 5.92 Å². The van der Waals surface area contributed by atoms with Crippen LogP contribution in [-0.4, -0.2) is 48.7 Å². The van der Waals surface area contributed by atoms with Crippen LogP contribution in [0.3, 0.4) is 0 Å². The van der Waals surface area contributed by atoms with Gasteiger partial charge in [0.2, 0.25) is 0 Å². The van der Waals surface area contributed by atoms with E-state index in [1.807, 2.05) is 13.8 Å². The molecule has 0 spiro atoms. The van der Waals surface area contributed by atoms with E-state index in [2.05, 4.69) is 31.0 Å². The molecule has 4 heteroatoms. The van der Waals surface area contributed by atoms with Gasteiger partial charge in [-0.15, -0.1) is 0 Å². The molecule has 3 unspecified atom stereocenters. The van der Waals surface area contributed by atoms with Gasteiger partial charge in [0.05, 0.1) is 6.61 Å². The molecule has 1 saturated heterocycles. The molecule has 1 aliphatic heterocycles. The van der Waals surface area contributed by atoms with Crippen molar-refractivity contribution in [3.05, 3.63) is 0 Å². The van der Waals surface area contributed by atoms with E-state index in [1.165, 1.54) is 13.0 Å². The molecule has 1 fully saturated rings. The van der Waals surface area contributed by atoms with Crippen LogP contribution in [0.15, 0.2) is 0 Å². The molecule has 0 aromatic carbocycles. The molecule has 21 heavy (non-hydrogen) atoms. The zero-order valence-electron chi connectivity index (χ0n) is 14.6. The Hall–Kier alpha value is -0.610. The maximum absolute atomic E-state index is 12.2. The first kappa shape index (κ1) is 18.4. The Morgan fingerprint density at radius 3 is 2.62 bits per heavy atom. The third-order valence-electron chi connectivity index (χ3n) is 4.53. The summed E-state index contributed by atoms with van der Waals surface area (Å²) in [4.78, 5) is 14.8. The van der Waals surface area contributed by atoms with Gasteiger partial charge in [0.1, 0.15) is 5.54 Å². The lowest BCUT2D eigenvalue weighted by molar-refractivity contribution is -0.150. The van der Waals surface area contributed by atoms with Crippen LogP contribution in [0.5, 0.6) is 0 Å². The zero-order chi connectivity index (χ0) is 15.9. The number of hydrogen-bond donors (Lipinski definition) is 1. The maximum Gasteiger partial charge on any atom is 0.326 e. The van der Waals surface area contributed by atoms with Gasteiger partial charge in [-0.25, -0.2) is 0 Å². The van der Waals surface area contributed by atoms with E-state index in [0.29, 0.717) is 12.6 Å². The number of nitrogens with zero attached hydrogens (tertiary/aromatic N) is 1. The first-order valence-corrected chi connectivity index (χ1v) is 8.59. The predicted octanol–water partition coefficient (Wildman–Crippen LogP) is 2.82. The molecule has 0 radical (unpaired) electrons. The molecule has 3 atom stereocenters. The van der Waals surface area contributed by atoms with Crippen molar-refractivity contribution >= 4 is 5.97 Å². The largest absolute Gasteiger partial charge is 0.465 e. The number of carbonyl (C=O) groups excluding carboxylic acids is 1. The first-order valence-electron chi connectivity index (χ1n) is 8.59. The number of hydrogen-bond acceptors (Lipinski definition) is 4. The first-order chi connectivity index (χ1) is 9.92. The van der Waals surface area contributed by atoms with Gasteiger partial charge in [0.25, 0.3) is 0 Å². The number of carbonyl (C=O) groups is 1. The highest BCUT2D eigenvalue weighted by Gasteiger charge is 2.34. The summed E-state index contributed by atoms with van der Waals surface area (Å²) in [5.74, 6) is 0.691. The number of likely N-dealkylation sites (tertiary alicyclic amines) is 1. The maximum atomic E-state index is 12.2. The van der Waals surface area contributed by atoms with Crippen molar-refractivity contribution in [2.24, 2.45) is 5.92 Å². The van der Waals surface area contributed by atoms with Gasteiger partial charge in [-0.2, -0.15) is 0 Å². The Labute approximate surface area is 130 Å². The molecule has 1 rings (SSSR count). The molecule has 0 aromatic rings. The van der Waals surface area contributed by atoms with Crippen LogP contribution in [0.4, 0.5) is 0 Å². The summed E-state index contributed by atoms with van der Waals surface area (Å²) in [5, 5.41) is 3.38. The summed E-state index contributed by atoms with van der Waals surface area (Å²) >= 11 is 0. The van der Waals surface area contributed by atoms with E-state index >= 15 is 0 Å². The summed E-state index contributed by atoms with van der Waals surface area (Å²) in [6.45, 7) is 14.2. The molecule has 0 aliphatic carbocycles. The van der Waals surface area contributed by atoms with Crippen molar-refractivity contribution in [2.45, 2.75) is 71.9 Å². The summed E-state index contributed by atoms with van der Waals surface area (Å²) in [6.07, 6.45) is 4.19. The lowest BCUT2D eigenvalue weighted by Gasteiger charge is -2.30. The van der Waals surface area contributed by atoms with Crippen molar-refractivity contribution in [3.63, 3.8) is 0 Å². The van der Waals surface area contributed by atoms with Gasteiger partial charge >= 0.3 is 5.97 Å². The highest BCUT2D eigenvalue weighted by molar-refractivity contribution is 5.80. The Morgan fingerprint density at radius 1 is 1.38 bits per heavy atom. The number of rotatable bonds is 9. The molecule has 1 N–H and O–H groups in total. The molecule has 124 valence electrons.